The van der Waals surface area contributed by atoms with E-state index in [2.05, 4.69) is 52.7 Å². The highest BCUT2D eigenvalue weighted by molar-refractivity contribution is 5.67. The second kappa shape index (κ2) is 9.20. The van der Waals surface area contributed by atoms with Crippen LogP contribution in [0.15, 0.2) is 49.1 Å². The van der Waals surface area contributed by atoms with Crippen LogP contribution in [0.5, 0.6) is 0 Å². The third-order valence-corrected chi connectivity index (χ3v) is 5.99. The Hall–Kier alpha value is -4.06. The number of piperidine rings is 1. The Bertz CT molecular complexity index is 1180. The van der Waals surface area contributed by atoms with Gasteiger partial charge in [-0.05, 0) is 37.8 Å². The molecule has 1 N–H and O–H groups in total. The highest BCUT2D eigenvalue weighted by atomic mass is 15.3. The Balaban J connectivity index is 1.31. The van der Waals surface area contributed by atoms with Crippen molar-refractivity contribution in [3.63, 3.8) is 0 Å². The first-order valence-electron chi connectivity index (χ1n) is 11.2. The normalized spacial score (nSPS) is 16.0. The van der Waals surface area contributed by atoms with Crippen LogP contribution < -0.4 is 15.1 Å². The molecule has 0 radical (unpaired) electrons. The number of anilines is 4. The highest BCUT2D eigenvalue weighted by Crippen LogP contribution is 2.27. The average molecular weight is 440 g/mol. The lowest BCUT2D eigenvalue weighted by Gasteiger charge is -2.27. The lowest BCUT2D eigenvalue weighted by Crippen LogP contribution is -2.31. The maximum Gasteiger partial charge on any atom is 0.227 e. The lowest BCUT2D eigenvalue weighted by atomic mass is 10.1. The monoisotopic (exact) mass is 439 g/mol. The molecule has 0 bridgehead atoms. The Labute approximate surface area is 192 Å². The van der Waals surface area contributed by atoms with Crippen molar-refractivity contribution in [1.29, 1.82) is 5.26 Å². The Morgan fingerprint density at radius 2 is 1.70 bits per heavy atom. The molecule has 2 aliphatic heterocycles. The number of hydrogen-bond acceptors (Lipinski definition) is 9. The van der Waals surface area contributed by atoms with Gasteiger partial charge >= 0.3 is 0 Å². The number of nitrogens with one attached hydrogen (secondary N) is 1. The molecule has 33 heavy (non-hydrogen) atoms. The van der Waals surface area contributed by atoms with Crippen LogP contribution in [0.1, 0.15) is 31.2 Å². The molecule has 2 saturated heterocycles. The first-order valence-corrected chi connectivity index (χ1v) is 11.2. The number of rotatable bonds is 5. The molecule has 0 amide bonds. The van der Waals surface area contributed by atoms with Crippen molar-refractivity contribution in [2.75, 3.05) is 41.3 Å². The van der Waals surface area contributed by atoms with E-state index < -0.39 is 0 Å². The van der Waals surface area contributed by atoms with E-state index in [4.69, 9.17) is 0 Å². The van der Waals surface area contributed by atoms with Gasteiger partial charge in [-0.3, -0.25) is 0 Å². The summed E-state index contributed by atoms with van der Waals surface area (Å²) in [6.07, 6.45) is 11.1. The highest BCUT2D eigenvalue weighted by Gasteiger charge is 2.18. The van der Waals surface area contributed by atoms with Gasteiger partial charge < -0.3 is 15.1 Å². The smallest absolute Gasteiger partial charge is 0.227 e. The fourth-order valence-electron chi connectivity index (χ4n) is 4.14. The number of nitrogens with zero attached hydrogens (tertiary/aromatic N) is 8. The molecule has 9 nitrogen and oxygen atoms in total. The van der Waals surface area contributed by atoms with Crippen LogP contribution >= 0.6 is 0 Å². The molecule has 5 rings (SSSR count). The minimum absolute atomic E-state index is 0.431. The molecule has 3 aromatic rings. The van der Waals surface area contributed by atoms with E-state index in [1.165, 1.54) is 5.57 Å². The summed E-state index contributed by atoms with van der Waals surface area (Å²) in [6.45, 7) is 7.72. The molecule has 9 heteroatoms. The minimum Gasteiger partial charge on any atom is -0.356 e. The quantitative estimate of drug-likeness (QED) is 0.595. The summed E-state index contributed by atoms with van der Waals surface area (Å²) < 4.78 is 0. The van der Waals surface area contributed by atoms with Crippen molar-refractivity contribution < 1.29 is 0 Å². The van der Waals surface area contributed by atoms with Crippen molar-refractivity contribution in [2.45, 2.75) is 25.7 Å². The Morgan fingerprint density at radius 1 is 0.939 bits per heavy atom. The van der Waals surface area contributed by atoms with Gasteiger partial charge in [0.1, 0.15) is 11.9 Å². The number of nitriles is 1. The summed E-state index contributed by atoms with van der Waals surface area (Å²) in [5, 5.41) is 12.8. The molecule has 0 aliphatic carbocycles. The van der Waals surface area contributed by atoms with E-state index in [0.29, 0.717) is 22.9 Å². The molecular weight excluding hydrogens is 414 g/mol. The summed E-state index contributed by atoms with van der Waals surface area (Å²) in [6, 6.07) is 5.94. The van der Waals surface area contributed by atoms with Gasteiger partial charge in [0, 0.05) is 44.1 Å². The van der Waals surface area contributed by atoms with Crippen molar-refractivity contribution >= 4 is 23.4 Å². The summed E-state index contributed by atoms with van der Waals surface area (Å²) in [5.74, 6) is 1.90. The van der Waals surface area contributed by atoms with E-state index >= 15 is 0 Å². The number of hydrogen-bond donors (Lipinski definition) is 1. The van der Waals surface area contributed by atoms with Gasteiger partial charge in [-0.1, -0.05) is 12.2 Å². The van der Waals surface area contributed by atoms with Crippen LogP contribution in [0.2, 0.25) is 0 Å². The zero-order chi connectivity index (χ0) is 22.6. The third kappa shape index (κ3) is 4.60. The number of aromatic nitrogens is 5. The zero-order valence-corrected chi connectivity index (χ0v) is 18.4. The van der Waals surface area contributed by atoms with Crippen LogP contribution in [-0.2, 0) is 0 Å². The molecule has 0 unspecified atom stereocenters. The topological polar surface area (TPSA) is 107 Å². The molecule has 166 valence electrons. The third-order valence-electron chi connectivity index (χ3n) is 5.99. The second-order valence-electron chi connectivity index (χ2n) is 8.30. The summed E-state index contributed by atoms with van der Waals surface area (Å²) in [5.41, 5.74) is 4.02. The van der Waals surface area contributed by atoms with Crippen molar-refractivity contribution in [1.82, 2.24) is 24.9 Å². The fourth-order valence-corrected chi connectivity index (χ4v) is 4.14. The summed E-state index contributed by atoms with van der Waals surface area (Å²) >= 11 is 0. The maximum absolute atomic E-state index is 9.65. The van der Waals surface area contributed by atoms with Gasteiger partial charge in [0.25, 0.3) is 0 Å². The molecule has 0 atom stereocenters. The van der Waals surface area contributed by atoms with Crippen LogP contribution in [0, 0.1) is 11.3 Å². The number of pyridine rings is 1. The lowest BCUT2D eigenvalue weighted by molar-refractivity contribution is 0.669. The molecule has 2 fully saturated rings. The molecular formula is C24H25N9. The Morgan fingerprint density at radius 3 is 2.42 bits per heavy atom. The minimum atomic E-state index is 0.431. The molecule has 5 heterocycles. The molecule has 0 aromatic carbocycles. The molecule has 3 aromatic heterocycles. The first kappa shape index (κ1) is 20.8. The molecule has 0 spiro atoms. The van der Waals surface area contributed by atoms with Gasteiger partial charge in [-0.15, -0.1) is 0 Å². The fraction of sp³-hybridized carbons (Fsp3) is 0.333. The second-order valence-corrected chi connectivity index (χ2v) is 8.30. The van der Waals surface area contributed by atoms with Crippen LogP contribution in [0.3, 0.4) is 0 Å². The van der Waals surface area contributed by atoms with Crippen molar-refractivity contribution in [2.24, 2.45) is 0 Å². The van der Waals surface area contributed by atoms with Crippen LogP contribution in [0.4, 0.5) is 23.4 Å². The maximum atomic E-state index is 9.65. The van der Waals surface area contributed by atoms with Gasteiger partial charge in [0.05, 0.1) is 29.3 Å². The zero-order valence-electron chi connectivity index (χ0n) is 18.4. The van der Waals surface area contributed by atoms with Crippen LogP contribution in [0.25, 0.3) is 11.3 Å². The first-order chi connectivity index (χ1) is 16.2. The van der Waals surface area contributed by atoms with Crippen LogP contribution in [-0.4, -0.2) is 51.1 Å². The summed E-state index contributed by atoms with van der Waals surface area (Å²) in [4.78, 5) is 26.8. The van der Waals surface area contributed by atoms with Gasteiger partial charge in [0.2, 0.25) is 11.9 Å². The molecule has 0 saturated carbocycles. The largest absolute Gasteiger partial charge is 0.356 e. The predicted molar refractivity (Wildman–Crippen MR) is 127 cm³/mol. The van der Waals surface area contributed by atoms with Crippen molar-refractivity contribution in [3.8, 4) is 17.3 Å². The van der Waals surface area contributed by atoms with E-state index in [9.17, 15) is 5.26 Å². The van der Waals surface area contributed by atoms with E-state index in [1.54, 1.807) is 24.8 Å². The van der Waals surface area contributed by atoms with E-state index in [0.717, 1.165) is 69.2 Å². The Kier molecular flexibility index (Phi) is 5.81. The van der Waals surface area contributed by atoms with E-state index in [-0.39, 0.29) is 0 Å². The van der Waals surface area contributed by atoms with Gasteiger partial charge in [0.15, 0.2) is 0 Å². The van der Waals surface area contributed by atoms with E-state index in [1.807, 2.05) is 12.1 Å². The van der Waals surface area contributed by atoms with Gasteiger partial charge in [-0.2, -0.15) is 5.26 Å². The SMILES string of the molecule is C=C1CCN(c2ncc(Nc3nccc(-c4cnc(N5CCCC5)c(C#N)c4)n3)cn2)CC1. The van der Waals surface area contributed by atoms with Gasteiger partial charge in [-0.25, -0.2) is 24.9 Å². The average Bonchev–Trinajstić information content (AvgIpc) is 3.40. The summed E-state index contributed by atoms with van der Waals surface area (Å²) in [7, 11) is 0. The van der Waals surface area contributed by atoms with Crippen molar-refractivity contribution in [3.05, 3.63) is 54.6 Å². The molecule has 2 aliphatic rings. The standard InChI is InChI=1S/C24H25N9/c1-17-5-10-33(11-6-17)24-28-15-20(16-29-24)30-23-26-7-4-21(31-23)19-12-18(13-25)22(27-14-19)32-8-2-3-9-32/h4,7,12,14-16H,1-3,5-6,8-11H2,(H,26,30,31). The predicted octanol–water partition coefficient (Wildman–Crippen LogP) is 3.70.